The van der Waals surface area contributed by atoms with Crippen LogP contribution < -0.4 is 10.4 Å². The highest BCUT2D eigenvalue weighted by Gasteiger charge is 2.50. The highest BCUT2D eigenvalue weighted by Crippen LogP contribution is 2.37. The lowest BCUT2D eigenvalue weighted by Gasteiger charge is -2.43. The average molecular weight is 684 g/mol. The maximum Gasteiger partial charge on any atom is 0.417 e. The molecule has 0 aromatic heterocycles. The molecule has 2 amide bonds. The van der Waals surface area contributed by atoms with Gasteiger partial charge in [0.1, 0.15) is 12.4 Å². The minimum absolute atomic E-state index is 0.0562. The summed E-state index contributed by atoms with van der Waals surface area (Å²) in [7, 11) is -2.74. The van der Waals surface area contributed by atoms with Crippen molar-refractivity contribution in [3.63, 3.8) is 0 Å². The van der Waals surface area contributed by atoms with E-state index in [1.807, 2.05) is 42.5 Å². The van der Waals surface area contributed by atoms with Crippen molar-refractivity contribution >= 4 is 36.5 Å². The first kappa shape index (κ1) is 38.0. The highest BCUT2D eigenvalue weighted by atomic mass is 28.4. The van der Waals surface area contributed by atoms with Gasteiger partial charge in [0.25, 0.3) is 8.32 Å². The molecule has 3 aromatic rings. The number of aliphatic hydroxyl groups is 1. The maximum atomic E-state index is 13.7. The number of ether oxygens (including phenoxy) is 1. The summed E-state index contributed by atoms with van der Waals surface area (Å²) < 4.78 is 12.4. The lowest BCUT2D eigenvalue weighted by molar-refractivity contribution is -0.142. The third-order valence-electron chi connectivity index (χ3n) is 9.93. The van der Waals surface area contributed by atoms with Crippen LogP contribution in [0.3, 0.4) is 0 Å². The quantitative estimate of drug-likeness (QED) is 0.104. The SMILES string of the molecule is C=CC[C@@H](C[C@@H](C)CO[Si](c1ccccc1)(c1ccccc1)C(C)(C)C)[C@H](O)[C@@H](C)C(=O)[C@@H](C)C(=O)N1C(=O)OC[C@H]1Cc1ccccc1. The van der Waals surface area contributed by atoms with E-state index in [0.29, 0.717) is 25.9 Å². The summed E-state index contributed by atoms with van der Waals surface area (Å²) in [5, 5.41) is 13.9. The summed E-state index contributed by atoms with van der Waals surface area (Å²) in [6.07, 6.45) is 1.56. The second-order valence-corrected chi connectivity index (χ2v) is 18.9. The first-order valence-electron chi connectivity index (χ1n) is 17.4. The molecule has 0 saturated carbocycles. The Bertz CT molecular complexity index is 1500. The molecule has 7 nitrogen and oxygen atoms in total. The largest absolute Gasteiger partial charge is 0.447 e. The van der Waals surface area contributed by atoms with E-state index in [4.69, 9.17) is 9.16 Å². The molecule has 1 saturated heterocycles. The van der Waals surface area contributed by atoms with Crippen molar-refractivity contribution in [3.8, 4) is 0 Å². The van der Waals surface area contributed by atoms with Crippen LogP contribution in [0.2, 0.25) is 5.04 Å². The second kappa shape index (κ2) is 16.7. The number of allylic oxidation sites excluding steroid dienone is 1. The van der Waals surface area contributed by atoms with Crippen LogP contribution in [0, 0.1) is 23.7 Å². The molecule has 1 aliphatic rings. The van der Waals surface area contributed by atoms with Crippen molar-refractivity contribution in [2.24, 2.45) is 23.7 Å². The van der Waals surface area contributed by atoms with E-state index in [1.165, 1.54) is 17.3 Å². The van der Waals surface area contributed by atoms with Crippen LogP contribution >= 0.6 is 0 Å². The zero-order valence-electron chi connectivity index (χ0n) is 29.9. The molecule has 262 valence electrons. The van der Waals surface area contributed by atoms with Gasteiger partial charge in [-0.05, 0) is 59.0 Å². The van der Waals surface area contributed by atoms with Gasteiger partial charge >= 0.3 is 6.09 Å². The molecule has 3 aromatic carbocycles. The van der Waals surface area contributed by atoms with Gasteiger partial charge in [-0.25, -0.2) is 9.69 Å². The predicted octanol–water partition coefficient (Wildman–Crippen LogP) is 6.57. The fourth-order valence-corrected chi connectivity index (χ4v) is 12.0. The molecule has 0 spiro atoms. The molecule has 1 fully saturated rings. The van der Waals surface area contributed by atoms with Crippen LogP contribution in [-0.2, 0) is 25.2 Å². The van der Waals surface area contributed by atoms with Crippen molar-refractivity contribution in [2.45, 2.75) is 78.0 Å². The van der Waals surface area contributed by atoms with E-state index in [-0.39, 0.29) is 23.5 Å². The van der Waals surface area contributed by atoms with Crippen LogP contribution in [0.4, 0.5) is 4.79 Å². The number of benzene rings is 3. The topological polar surface area (TPSA) is 93.1 Å². The van der Waals surface area contributed by atoms with Gasteiger partial charge in [-0.15, -0.1) is 6.58 Å². The smallest absolute Gasteiger partial charge is 0.417 e. The molecule has 1 heterocycles. The fraction of sp³-hybridized carbons (Fsp3) is 0.439. The molecule has 1 N–H and O–H groups in total. The Balaban J connectivity index is 1.47. The van der Waals surface area contributed by atoms with E-state index in [1.54, 1.807) is 13.0 Å². The van der Waals surface area contributed by atoms with Gasteiger partial charge in [-0.3, -0.25) is 9.59 Å². The summed E-state index contributed by atoms with van der Waals surface area (Å²) in [5.41, 5.74) is 0.965. The zero-order valence-corrected chi connectivity index (χ0v) is 30.9. The maximum absolute atomic E-state index is 13.7. The van der Waals surface area contributed by atoms with Crippen molar-refractivity contribution in [2.75, 3.05) is 13.2 Å². The molecular formula is C41H53NO6Si. The Hall–Kier alpha value is -3.85. The minimum atomic E-state index is -2.74. The molecule has 8 heteroatoms. The van der Waals surface area contributed by atoms with E-state index in [2.05, 4.69) is 82.8 Å². The fourth-order valence-electron chi connectivity index (χ4n) is 7.27. The third kappa shape index (κ3) is 8.66. The Labute approximate surface area is 293 Å². The lowest BCUT2D eigenvalue weighted by atomic mass is 9.79. The van der Waals surface area contributed by atoms with Crippen LogP contribution in [0.1, 0.15) is 59.9 Å². The number of hydrogen-bond acceptors (Lipinski definition) is 6. The highest BCUT2D eigenvalue weighted by molar-refractivity contribution is 6.99. The van der Waals surface area contributed by atoms with E-state index >= 15 is 0 Å². The van der Waals surface area contributed by atoms with Crippen LogP contribution in [-0.4, -0.2) is 61.5 Å². The number of amides is 2. The van der Waals surface area contributed by atoms with Gasteiger partial charge in [0.2, 0.25) is 5.91 Å². The number of Topliss-reactive ketones (excluding diaryl/α,β-unsaturated/α-hetero) is 1. The summed E-state index contributed by atoms with van der Waals surface area (Å²) >= 11 is 0. The molecule has 0 aliphatic carbocycles. The average Bonchev–Trinajstić information content (AvgIpc) is 3.46. The number of ketones is 1. The Morgan fingerprint density at radius 2 is 1.49 bits per heavy atom. The Morgan fingerprint density at radius 3 is 2.00 bits per heavy atom. The number of cyclic esters (lactones) is 1. The Kier molecular flexibility index (Phi) is 12.9. The molecule has 0 unspecified atom stereocenters. The number of carbonyl (C=O) groups is 3. The number of imide groups is 1. The molecule has 0 bridgehead atoms. The molecule has 4 rings (SSSR count). The van der Waals surface area contributed by atoms with E-state index in [0.717, 1.165) is 10.5 Å². The summed E-state index contributed by atoms with van der Waals surface area (Å²) in [6, 6.07) is 30.0. The number of hydrogen-bond donors (Lipinski definition) is 1. The van der Waals surface area contributed by atoms with Crippen LogP contribution in [0.5, 0.6) is 0 Å². The first-order valence-corrected chi connectivity index (χ1v) is 19.3. The molecular weight excluding hydrogens is 631 g/mol. The van der Waals surface area contributed by atoms with Crippen molar-refractivity contribution in [1.82, 2.24) is 4.90 Å². The van der Waals surface area contributed by atoms with Gasteiger partial charge in [0.05, 0.1) is 18.1 Å². The number of nitrogens with zero attached hydrogens (tertiary/aromatic N) is 1. The zero-order chi connectivity index (χ0) is 35.8. The van der Waals surface area contributed by atoms with Crippen LogP contribution in [0.15, 0.2) is 104 Å². The second-order valence-electron chi connectivity index (χ2n) is 14.6. The molecule has 6 atom stereocenters. The number of carbonyl (C=O) groups excluding carboxylic acids is 3. The summed E-state index contributed by atoms with van der Waals surface area (Å²) in [6.45, 7) is 16.5. The monoisotopic (exact) mass is 683 g/mol. The van der Waals surface area contributed by atoms with E-state index < -0.39 is 50.1 Å². The van der Waals surface area contributed by atoms with Gasteiger partial charge in [-0.1, -0.05) is 132 Å². The van der Waals surface area contributed by atoms with Gasteiger partial charge in [0.15, 0.2) is 0 Å². The van der Waals surface area contributed by atoms with Gasteiger partial charge < -0.3 is 14.3 Å². The van der Waals surface area contributed by atoms with E-state index in [9.17, 15) is 19.5 Å². The summed E-state index contributed by atoms with van der Waals surface area (Å²) in [5.74, 6) is -3.17. The standard InChI is InChI=1S/C41H53NO6Si/c1-8-18-33(25-29(2)27-48-49(41(5,6)7,35-21-14-10-15-22-35)36-23-16-11-17-24-36)38(44)30(3)37(43)31(4)39(45)42-34(28-47-40(42)46)26-32-19-12-9-13-20-32/h8-17,19-24,29-31,33-34,38,44H,1,18,25-28H2,2-7H3/t29-,30+,31-,33+,34-,38-/m1/s1. The number of rotatable bonds is 16. The molecule has 1 aliphatic heterocycles. The lowest BCUT2D eigenvalue weighted by Crippen LogP contribution is -2.66. The molecule has 49 heavy (non-hydrogen) atoms. The number of aliphatic hydroxyl groups excluding tert-OH is 1. The van der Waals surface area contributed by atoms with Crippen molar-refractivity contribution in [3.05, 3.63) is 109 Å². The first-order chi connectivity index (χ1) is 23.3. The van der Waals surface area contributed by atoms with Crippen molar-refractivity contribution < 1.29 is 28.7 Å². The minimum Gasteiger partial charge on any atom is -0.447 e. The predicted molar refractivity (Wildman–Crippen MR) is 197 cm³/mol. The van der Waals surface area contributed by atoms with Crippen molar-refractivity contribution in [1.29, 1.82) is 0 Å². The molecule has 0 radical (unpaired) electrons. The van der Waals surface area contributed by atoms with Crippen LogP contribution in [0.25, 0.3) is 0 Å². The van der Waals surface area contributed by atoms with Gasteiger partial charge in [0, 0.05) is 12.5 Å². The normalized spacial score (nSPS) is 18.2. The third-order valence-corrected chi connectivity index (χ3v) is 14.9. The van der Waals surface area contributed by atoms with Gasteiger partial charge in [-0.2, -0.15) is 0 Å². The summed E-state index contributed by atoms with van der Waals surface area (Å²) in [4.78, 5) is 41.0. The Morgan fingerprint density at radius 1 is 0.959 bits per heavy atom.